The molecule has 0 aliphatic heterocycles. The van der Waals surface area contributed by atoms with Crippen LogP contribution in [0.25, 0.3) is 0 Å². The van der Waals surface area contributed by atoms with Crippen molar-refractivity contribution in [2.45, 2.75) is 10.6 Å². The highest BCUT2D eigenvalue weighted by atomic mass is 35.5. The average Bonchev–Trinajstić information content (AvgIpc) is 2.41. The lowest BCUT2D eigenvalue weighted by atomic mass is 10.2. The minimum atomic E-state index is -3.52. The van der Waals surface area contributed by atoms with Crippen LogP contribution in [0, 0.1) is 10.1 Å². The van der Waals surface area contributed by atoms with E-state index in [2.05, 4.69) is 0 Å². The number of nitro benzene ring substituents is 1. The molecule has 0 atom stereocenters. The van der Waals surface area contributed by atoms with Gasteiger partial charge in [-0.3, -0.25) is 10.1 Å². The molecule has 7 heteroatoms. The van der Waals surface area contributed by atoms with Gasteiger partial charge in [0.1, 0.15) is 0 Å². The van der Waals surface area contributed by atoms with E-state index in [1.54, 1.807) is 18.2 Å². The number of non-ortho nitro benzene ring substituents is 1. The lowest BCUT2D eigenvalue weighted by Gasteiger charge is -2.06. The minimum Gasteiger partial charge on any atom is -0.258 e. The molecule has 0 N–H and O–H groups in total. The van der Waals surface area contributed by atoms with E-state index in [1.807, 2.05) is 0 Å². The van der Waals surface area contributed by atoms with E-state index >= 15 is 0 Å². The maximum atomic E-state index is 12.2. The largest absolute Gasteiger partial charge is 0.270 e. The monoisotopic (exact) mass is 311 g/mol. The second-order valence-corrected chi connectivity index (χ2v) is 6.50. The summed E-state index contributed by atoms with van der Waals surface area (Å²) in [6.07, 6.45) is 0. The van der Waals surface area contributed by atoms with Gasteiger partial charge in [-0.15, -0.1) is 0 Å². The van der Waals surface area contributed by atoms with Crippen molar-refractivity contribution in [3.8, 4) is 0 Å². The van der Waals surface area contributed by atoms with Gasteiger partial charge in [0.15, 0.2) is 9.84 Å². The Labute approximate surface area is 120 Å². The first-order chi connectivity index (χ1) is 9.40. The Morgan fingerprint density at radius 1 is 1.10 bits per heavy atom. The second kappa shape index (κ2) is 5.60. The van der Waals surface area contributed by atoms with E-state index < -0.39 is 14.8 Å². The van der Waals surface area contributed by atoms with Gasteiger partial charge < -0.3 is 0 Å². The van der Waals surface area contributed by atoms with Gasteiger partial charge in [0.2, 0.25) is 0 Å². The molecule has 0 aromatic heterocycles. The first-order valence-corrected chi connectivity index (χ1v) is 7.64. The summed E-state index contributed by atoms with van der Waals surface area (Å²) < 4.78 is 24.4. The van der Waals surface area contributed by atoms with E-state index in [9.17, 15) is 18.5 Å². The van der Waals surface area contributed by atoms with Gasteiger partial charge in [-0.2, -0.15) is 0 Å². The molecular weight excluding hydrogens is 302 g/mol. The zero-order chi connectivity index (χ0) is 14.8. The first kappa shape index (κ1) is 14.5. The maximum Gasteiger partial charge on any atom is 0.270 e. The quantitative estimate of drug-likeness (QED) is 0.641. The van der Waals surface area contributed by atoms with Crippen molar-refractivity contribution >= 4 is 27.1 Å². The van der Waals surface area contributed by atoms with E-state index in [-0.39, 0.29) is 21.4 Å². The van der Waals surface area contributed by atoms with Crippen LogP contribution in [0.15, 0.2) is 53.4 Å². The number of hydrogen-bond donors (Lipinski definition) is 0. The van der Waals surface area contributed by atoms with Crippen LogP contribution in [0.5, 0.6) is 0 Å². The van der Waals surface area contributed by atoms with Gasteiger partial charge in [-0.1, -0.05) is 29.8 Å². The van der Waals surface area contributed by atoms with Gasteiger partial charge in [-0.25, -0.2) is 8.42 Å². The van der Waals surface area contributed by atoms with Crippen LogP contribution in [0.2, 0.25) is 5.02 Å². The third-order valence-corrected chi connectivity index (χ3v) is 4.73. The van der Waals surface area contributed by atoms with Crippen molar-refractivity contribution in [2.24, 2.45) is 0 Å². The van der Waals surface area contributed by atoms with E-state index in [0.717, 1.165) is 6.07 Å². The van der Waals surface area contributed by atoms with Gasteiger partial charge in [0, 0.05) is 12.1 Å². The molecule has 20 heavy (non-hydrogen) atoms. The molecule has 0 amide bonds. The van der Waals surface area contributed by atoms with Gasteiger partial charge in [-0.05, 0) is 23.8 Å². The summed E-state index contributed by atoms with van der Waals surface area (Å²) in [5, 5.41) is 10.7. The Morgan fingerprint density at radius 3 is 2.30 bits per heavy atom. The molecule has 2 rings (SSSR count). The molecule has 0 bridgehead atoms. The number of sulfone groups is 1. The molecule has 0 saturated heterocycles. The van der Waals surface area contributed by atoms with Crippen molar-refractivity contribution in [2.75, 3.05) is 0 Å². The summed E-state index contributed by atoms with van der Waals surface area (Å²) in [5.74, 6) is -0.298. The molecule has 0 spiro atoms. The zero-order valence-electron chi connectivity index (χ0n) is 10.2. The van der Waals surface area contributed by atoms with Crippen LogP contribution in [-0.4, -0.2) is 13.3 Å². The highest BCUT2D eigenvalue weighted by Crippen LogP contribution is 2.26. The zero-order valence-corrected chi connectivity index (χ0v) is 11.8. The molecule has 104 valence electrons. The summed E-state index contributed by atoms with van der Waals surface area (Å²) in [6.45, 7) is 0. The van der Waals surface area contributed by atoms with Crippen molar-refractivity contribution in [3.63, 3.8) is 0 Å². The van der Waals surface area contributed by atoms with Crippen LogP contribution in [0.4, 0.5) is 5.69 Å². The van der Waals surface area contributed by atoms with Crippen LogP contribution < -0.4 is 0 Å². The van der Waals surface area contributed by atoms with E-state index in [4.69, 9.17) is 11.6 Å². The summed E-state index contributed by atoms with van der Waals surface area (Å²) in [6, 6.07) is 11.7. The predicted molar refractivity (Wildman–Crippen MR) is 75.4 cm³/mol. The fraction of sp³-hybridized carbons (Fsp3) is 0.0769. The SMILES string of the molecule is O=[N+]([O-])c1ccc(CS(=O)(=O)c2ccccc2)c(Cl)c1. The molecule has 0 fully saturated rings. The lowest BCUT2D eigenvalue weighted by Crippen LogP contribution is -2.05. The van der Waals surface area contributed by atoms with Gasteiger partial charge in [0.05, 0.1) is 20.6 Å². The first-order valence-electron chi connectivity index (χ1n) is 5.61. The smallest absolute Gasteiger partial charge is 0.258 e. The number of nitrogens with zero attached hydrogens (tertiary/aromatic N) is 1. The summed E-state index contributed by atoms with van der Waals surface area (Å²) in [7, 11) is -3.52. The topological polar surface area (TPSA) is 77.3 Å². The molecule has 0 heterocycles. The molecular formula is C13H10ClNO4S. The van der Waals surface area contributed by atoms with Gasteiger partial charge >= 0.3 is 0 Å². The average molecular weight is 312 g/mol. The highest BCUT2D eigenvalue weighted by molar-refractivity contribution is 7.90. The molecule has 0 radical (unpaired) electrons. The summed E-state index contributed by atoms with van der Waals surface area (Å²) in [4.78, 5) is 10.2. The number of hydrogen-bond acceptors (Lipinski definition) is 4. The Hall–Kier alpha value is -1.92. The molecule has 0 saturated carbocycles. The van der Waals surface area contributed by atoms with Crippen LogP contribution in [-0.2, 0) is 15.6 Å². The minimum absolute atomic E-state index is 0.0682. The summed E-state index contributed by atoms with van der Waals surface area (Å²) in [5.41, 5.74) is 0.164. The number of nitro groups is 1. The number of benzene rings is 2. The molecule has 2 aromatic carbocycles. The Balaban J connectivity index is 2.33. The number of halogens is 1. The molecule has 5 nitrogen and oxygen atoms in total. The third-order valence-electron chi connectivity index (χ3n) is 2.70. The normalized spacial score (nSPS) is 11.2. The summed E-state index contributed by atoms with van der Waals surface area (Å²) >= 11 is 5.90. The van der Waals surface area contributed by atoms with E-state index in [1.165, 1.54) is 24.3 Å². The fourth-order valence-corrected chi connectivity index (χ4v) is 3.40. The van der Waals surface area contributed by atoms with Crippen molar-refractivity contribution in [1.82, 2.24) is 0 Å². The standard InChI is InChI=1S/C13H10ClNO4S/c14-13-8-11(15(16)17)7-6-10(13)9-20(18,19)12-4-2-1-3-5-12/h1-8H,9H2. The lowest BCUT2D eigenvalue weighted by molar-refractivity contribution is -0.384. The maximum absolute atomic E-state index is 12.2. The molecule has 0 aliphatic carbocycles. The van der Waals surface area contributed by atoms with Crippen molar-refractivity contribution in [1.29, 1.82) is 0 Å². The third kappa shape index (κ3) is 3.15. The van der Waals surface area contributed by atoms with Crippen molar-refractivity contribution in [3.05, 3.63) is 69.2 Å². The van der Waals surface area contributed by atoms with Crippen LogP contribution >= 0.6 is 11.6 Å². The Bertz CT molecular complexity index is 744. The fourth-order valence-electron chi connectivity index (χ4n) is 1.68. The molecule has 0 aliphatic rings. The number of rotatable bonds is 4. The van der Waals surface area contributed by atoms with Gasteiger partial charge in [0.25, 0.3) is 5.69 Å². The molecule has 2 aromatic rings. The predicted octanol–water partition coefficient (Wildman–Crippen LogP) is 3.22. The second-order valence-electron chi connectivity index (χ2n) is 4.10. The van der Waals surface area contributed by atoms with Crippen LogP contribution in [0.3, 0.4) is 0 Å². The van der Waals surface area contributed by atoms with E-state index in [0.29, 0.717) is 5.56 Å². The van der Waals surface area contributed by atoms with Crippen molar-refractivity contribution < 1.29 is 13.3 Å². The Morgan fingerprint density at radius 2 is 1.75 bits per heavy atom. The van der Waals surface area contributed by atoms with Crippen LogP contribution in [0.1, 0.15) is 5.56 Å². The molecule has 0 unspecified atom stereocenters. The Kier molecular flexibility index (Phi) is 4.06. The highest BCUT2D eigenvalue weighted by Gasteiger charge is 2.18.